The summed E-state index contributed by atoms with van der Waals surface area (Å²) in [5, 5.41) is 0. The summed E-state index contributed by atoms with van der Waals surface area (Å²) in [6, 6.07) is 16.8. The van der Waals surface area contributed by atoms with Crippen molar-refractivity contribution in [2.75, 3.05) is 13.9 Å². The van der Waals surface area contributed by atoms with E-state index in [1.165, 1.54) is 16.7 Å². The Morgan fingerprint density at radius 2 is 1.18 bits per heavy atom. The third-order valence-corrected chi connectivity index (χ3v) is 2.80. The predicted octanol–water partition coefficient (Wildman–Crippen LogP) is 5.62. The second-order valence-electron chi connectivity index (χ2n) is 4.36. The van der Waals surface area contributed by atoms with Crippen LogP contribution in [0.1, 0.15) is 44.4 Å². The summed E-state index contributed by atoms with van der Waals surface area (Å²) in [6.45, 7) is 10.4. The van der Waals surface area contributed by atoms with E-state index in [0.29, 0.717) is 0 Å². The van der Waals surface area contributed by atoms with Crippen molar-refractivity contribution in [3.63, 3.8) is 0 Å². The number of methoxy groups -OCH3 is 1. The van der Waals surface area contributed by atoms with Crippen LogP contribution in [0.15, 0.2) is 48.5 Å². The molecule has 2 aromatic carbocycles. The first-order valence-corrected chi connectivity index (χ1v) is 8.04. The van der Waals surface area contributed by atoms with Gasteiger partial charge in [-0.2, -0.15) is 0 Å². The van der Waals surface area contributed by atoms with Gasteiger partial charge in [0.05, 0.1) is 0 Å². The molecule has 0 spiro atoms. The average Bonchev–Trinajstić information content (AvgIpc) is 2.60. The van der Waals surface area contributed by atoms with E-state index in [4.69, 9.17) is 9.47 Å². The maximum atomic E-state index is 5.35. The van der Waals surface area contributed by atoms with Crippen LogP contribution in [0.4, 0.5) is 0 Å². The Balaban J connectivity index is 0.00000102. The second-order valence-corrected chi connectivity index (χ2v) is 4.36. The van der Waals surface area contributed by atoms with Crippen LogP contribution in [0.2, 0.25) is 0 Å². The summed E-state index contributed by atoms with van der Waals surface area (Å²) in [7, 11) is 1.62. The van der Waals surface area contributed by atoms with Gasteiger partial charge in [-0.25, -0.2) is 0 Å². The number of hydrogen-bond acceptors (Lipinski definition) is 2. The van der Waals surface area contributed by atoms with Crippen molar-refractivity contribution in [2.24, 2.45) is 0 Å². The molecule has 0 aliphatic rings. The van der Waals surface area contributed by atoms with E-state index in [2.05, 4.69) is 43.3 Å². The first-order chi connectivity index (χ1) is 10.8. The minimum atomic E-state index is 0.289. The SMILES string of the molecule is CC.CC.COCOc1ccc(Cc2ccc(C)cc2)cc1. The molecule has 0 aliphatic carbocycles. The van der Waals surface area contributed by atoms with Crippen LogP contribution in [0.3, 0.4) is 0 Å². The van der Waals surface area contributed by atoms with Gasteiger partial charge in [0, 0.05) is 7.11 Å². The van der Waals surface area contributed by atoms with Crippen LogP contribution in [0.5, 0.6) is 5.75 Å². The van der Waals surface area contributed by atoms with Gasteiger partial charge in [0.15, 0.2) is 6.79 Å². The molecule has 122 valence electrons. The maximum Gasteiger partial charge on any atom is 0.188 e. The summed E-state index contributed by atoms with van der Waals surface area (Å²) in [6.07, 6.45) is 0.949. The van der Waals surface area contributed by atoms with E-state index in [-0.39, 0.29) is 6.79 Å². The van der Waals surface area contributed by atoms with Gasteiger partial charge >= 0.3 is 0 Å². The summed E-state index contributed by atoms with van der Waals surface area (Å²) >= 11 is 0. The predicted molar refractivity (Wildman–Crippen MR) is 95.6 cm³/mol. The highest BCUT2D eigenvalue weighted by Crippen LogP contribution is 2.15. The van der Waals surface area contributed by atoms with Crippen molar-refractivity contribution >= 4 is 0 Å². The Kier molecular flexibility index (Phi) is 11.8. The molecule has 0 atom stereocenters. The average molecular weight is 302 g/mol. The molecular formula is C20H30O2. The van der Waals surface area contributed by atoms with Crippen LogP contribution in [-0.4, -0.2) is 13.9 Å². The second kappa shape index (κ2) is 12.9. The lowest BCUT2D eigenvalue weighted by molar-refractivity contribution is 0.0511. The lowest BCUT2D eigenvalue weighted by Gasteiger charge is -2.06. The van der Waals surface area contributed by atoms with Gasteiger partial charge < -0.3 is 9.47 Å². The van der Waals surface area contributed by atoms with E-state index in [1.807, 2.05) is 39.8 Å². The molecule has 0 fully saturated rings. The summed E-state index contributed by atoms with van der Waals surface area (Å²) in [5.74, 6) is 0.838. The Labute approximate surface area is 136 Å². The Hall–Kier alpha value is -1.80. The summed E-state index contributed by atoms with van der Waals surface area (Å²) in [4.78, 5) is 0. The first-order valence-electron chi connectivity index (χ1n) is 8.04. The quantitative estimate of drug-likeness (QED) is 0.667. The van der Waals surface area contributed by atoms with Crippen molar-refractivity contribution in [3.8, 4) is 5.75 Å². The number of aryl methyl sites for hydroxylation is 1. The largest absolute Gasteiger partial charge is 0.468 e. The molecule has 2 nitrogen and oxygen atoms in total. The molecule has 0 saturated heterocycles. The van der Waals surface area contributed by atoms with Gasteiger partial charge in [-0.3, -0.25) is 0 Å². The third-order valence-electron chi connectivity index (χ3n) is 2.80. The van der Waals surface area contributed by atoms with Gasteiger partial charge in [-0.15, -0.1) is 0 Å². The minimum absolute atomic E-state index is 0.289. The molecule has 2 heteroatoms. The molecule has 0 N–H and O–H groups in total. The lowest BCUT2D eigenvalue weighted by Crippen LogP contribution is -1.98. The Bertz CT molecular complexity index is 472. The van der Waals surface area contributed by atoms with Crippen molar-refractivity contribution in [2.45, 2.75) is 41.0 Å². The molecule has 22 heavy (non-hydrogen) atoms. The molecule has 2 rings (SSSR count). The fourth-order valence-electron chi connectivity index (χ4n) is 1.77. The first kappa shape index (κ1) is 20.2. The zero-order chi connectivity index (χ0) is 16.8. The van der Waals surface area contributed by atoms with Crippen LogP contribution in [0.25, 0.3) is 0 Å². The third kappa shape index (κ3) is 7.84. The Morgan fingerprint density at radius 1 is 0.727 bits per heavy atom. The minimum Gasteiger partial charge on any atom is -0.468 e. The van der Waals surface area contributed by atoms with E-state index < -0.39 is 0 Å². The molecule has 0 radical (unpaired) electrons. The van der Waals surface area contributed by atoms with E-state index >= 15 is 0 Å². The van der Waals surface area contributed by atoms with Crippen molar-refractivity contribution in [3.05, 3.63) is 65.2 Å². The highest BCUT2D eigenvalue weighted by Gasteiger charge is 1.98. The lowest BCUT2D eigenvalue weighted by atomic mass is 10.0. The van der Waals surface area contributed by atoms with Gasteiger partial charge in [0.2, 0.25) is 0 Å². The van der Waals surface area contributed by atoms with Gasteiger partial charge in [-0.05, 0) is 36.6 Å². The smallest absolute Gasteiger partial charge is 0.188 e. The normalized spacial score (nSPS) is 9.00. The van der Waals surface area contributed by atoms with Gasteiger partial charge in [0.25, 0.3) is 0 Å². The van der Waals surface area contributed by atoms with Crippen molar-refractivity contribution in [1.29, 1.82) is 0 Å². The highest BCUT2D eigenvalue weighted by atomic mass is 16.7. The molecule has 0 bridgehead atoms. The Morgan fingerprint density at radius 3 is 1.64 bits per heavy atom. The van der Waals surface area contributed by atoms with Gasteiger partial charge in [0.1, 0.15) is 5.75 Å². The molecule has 0 heterocycles. The number of hydrogen-bond donors (Lipinski definition) is 0. The fraction of sp³-hybridized carbons (Fsp3) is 0.400. The topological polar surface area (TPSA) is 18.5 Å². The fourth-order valence-corrected chi connectivity index (χ4v) is 1.77. The molecule has 0 unspecified atom stereocenters. The number of benzene rings is 2. The maximum absolute atomic E-state index is 5.35. The molecule has 0 aliphatic heterocycles. The van der Waals surface area contributed by atoms with Crippen LogP contribution in [-0.2, 0) is 11.2 Å². The number of ether oxygens (including phenoxy) is 2. The van der Waals surface area contributed by atoms with Crippen molar-refractivity contribution in [1.82, 2.24) is 0 Å². The zero-order valence-corrected chi connectivity index (χ0v) is 14.8. The van der Waals surface area contributed by atoms with E-state index in [1.54, 1.807) is 7.11 Å². The standard InChI is InChI=1S/C16H18O2.2C2H6/c1-13-3-5-14(6-4-13)11-15-7-9-16(10-8-15)18-12-17-2;2*1-2/h3-10H,11-12H2,1-2H3;2*1-2H3. The van der Waals surface area contributed by atoms with Crippen LogP contribution < -0.4 is 4.74 Å². The molecule has 0 saturated carbocycles. The summed E-state index contributed by atoms with van der Waals surface area (Å²) < 4.78 is 10.2. The monoisotopic (exact) mass is 302 g/mol. The summed E-state index contributed by atoms with van der Waals surface area (Å²) in [5.41, 5.74) is 3.90. The molecular weight excluding hydrogens is 272 g/mol. The molecule has 0 amide bonds. The molecule has 0 aromatic heterocycles. The zero-order valence-electron chi connectivity index (χ0n) is 14.8. The van der Waals surface area contributed by atoms with E-state index in [0.717, 1.165) is 12.2 Å². The highest BCUT2D eigenvalue weighted by molar-refractivity contribution is 5.32. The van der Waals surface area contributed by atoms with Crippen LogP contribution >= 0.6 is 0 Å². The van der Waals surface area contributed by atoms with E-state index in [9.17, 15) is 0 Å². The van der Waals surface area contributed by atoms with Crippen molar-refractivity contribution < 1.29 is 9.47 Å². The van der Waals surface area contributed by atoms with Gasteiger partial charge in [-0.1, -0.05) is 69.7 Å². The molecule has 2 aromatic rings. The number of rotatable bonds is 5. The van der Waals surface area contributed by atoms with Crippen LogP contribution in [0, 0.1) is 6.92 Å².